The molecule has 1 aromatic carbocycles. The minimum absolute atomic E-state index is 1.28. The van der Waals surface area contributed by atoms with Crippen LogP contribution in [-0.2, 0) is 0 Å². The molecule has 0 N–H and O–H groups in total. The summed E-state index contributed by atoms with van der Waals surface area (Å²) < 4.78 is 0. The highest BCUT2D eigenvalue weighted by atomic mass is 14.2. The number of benzene rings is 1. The Kier molecular flexibility index (Phi) is 2.82. The molecule has 0 saturated carbocycles. The van der Waals surface area contributed by atoms with Crippen LogP contribution in [0.5, 0.6) is 0 Å². The Morgan fingerprint density at radius 1 is 0.688 bits per heavy atom. The molecule has 1 aliphatic carbocycles. The largest absolute Gasteiger partial charge is 0.0622 e. The molecule has 0 amide bonds. The van der Waals surface area contributed by atoms with Crippen LogP contribution in [-0.4, -0.2) is 0 Å². The van der Waals surface area contributed by atoms with Crippen molar-refractivity contribution < 1.29 is 0 Å². The van der Waals surface area contributed by atoms with Gasteiger partial charge in [-0.1, -0.05) is 30.3 Å². The van der Waals surface area contributed by atoms with Gasteiger partial charge in [0.05, 0.1) is 0 Å². The zero-order chi connectivity index (χ0) is 11.7. The van der Waals surface area contributed by atoms with Gasteiger partial charge in [0, 0.05) is 0 Å². The highest BCUT2D eigenvalue weighted by Crippen LogP contribution is 2.36. The molecule has 0 atom stereocenters. The Balaban J connectivity index is 2.48. The lowest BCUT2D eigenvalue weighted by Crippen LogP contribution is -1.83. The number of rotatable bonds is 1. The lowest BCUT2D eigenvalue weighted by molar-refractivity contribution is 1.31. The molecule has 1 aromatic rings. The second-order valence-electron chi connectivity index (χ2n) is 4.47. The van der Waals surface area contributed by atoms with Crippen LogP contribution in [0.1, 0.15) is 33.3 Å². The van der Waals surface area contributed by atoms with Crippen molar-refractivity contribution >= 4 is 6.08 Å². The molecule has 0 unspecified atom stereocenters. The Labute approximate surface area is 98.0 Å². The van der Waals surface area contributed by atoms with Gasteiger partial charge in [0.1, 0.15) is 0 Å². The average Bonchev–Trinajstić information content (AvgIpc) is 2.48. The van der Waals surface area contributed by atoms with E-state index >= 15 is 0 Å². The van der Waals surface area contributed by atoms with Gasteiger partial charge in [-0.05, 0) is 67.2 Å². The van der Waals surface area contributed by atoms with Crippen LogP contribution in [0.2, 0.25) is 0 Å². The standard InChI is InChI=1S/C16H18/c1-11-12(2)14(4)16(13(11)3)10-15-8-6-5-7-9-15/h5-10H,1-4H3. The second kappa shape index (κ2) is 4.13. The second-order valence-corrected chi connectivity index (χ2v) is 4.47. The minimum atomic E-state index is 1.28. The smallest absolute Gasteiger partial charge is 0.0187 e. The summed E-state index contributed by atoms with van der Waals surface area (Å²) in [5.41, 5.74) is 8.36. The molecule has 0 aromatic heterocycles. The maximum absolute atomic E-state index is 2.28. The fourth-order valence-electron chi connectivity index (χ4n) is 2.18. The summed E-state index contributed by atoms with van der Waals surface area (Å²) >= 11 is 0. The molecular formula is C16H18. The normalized spacial score (nSPS) is 16.1. The Morgan fingerprint density at radius 3 is 1.69 bits per heavy atom. The molecule has 0 fully saturated rings. The average molecular weight is 210 g/mol. The third-order valence-electron chi connectivity index (χ3n) is 3.61. The van der Waals surface area contributed by atoms with Gasteiger partial charge in [-0.3, -0.25) is 0 Å². The van der Waals surface area contributed by atoms with Gasteiger partial charge in [-0.25, -0.2) is 0 Å². The molecule has 16 heavy (non-hydrogen) atoms. The summed E-state index contributed by atoms with van der Waals surface area (Å²) in [4.78, 5) is 0. The van der Waals surface area contributed by atoms with Gasteiger partial charge >= 0.3 is 0 Å². The van der Waals surface area contributed by atoms with Crippen LogP contribution < -0.4 is 0 Å². The van der Waals surface area contributed by atoms with E-state index in [9.17, 15) is 0 Å². The van der Waals surface area contributed by atoms with Crippen LogP contribution in [0.4, 0.5) is 0 Å². The molecule has 0 nitrogen and oxygen atoms in total. The highest BCUT2D eigenvalue weighted by Gasteiger charge is 2.17. The van der Waals surface area contributed by atoms with Crippen molar-refractivity contribution in [3.05, 3.63) is 63.8 Å². The van der Waals surface area contributed by atoms with Crippen LogP contribution >= 0.6 is 0 Å². The molecule has 0 spiro atoms. The van der Waals surface area contributed by atoms with E-state index in [-0.39, 0.29) is 0 Å². The van der Waals surface area contributed by atoms with E-state index in [2.05, 4.69) is 64.1 Å². The molecular weight excluding hydrogens is 192 g/mol. The van der Waals surface area contributed by atoms with E-state index in [0.29, 0.717) is 0 Å². The van der Waals surface area contributed by atoms with E-state index < -0.39 is 0 Å². The third-order valence-corrected chi connectivity index (χ3v) is 3.61. The van der Waals surface area contributed by atoms with Gasteiger partial charge in [-0.2, -0.15) is 0 Å². The molecule has 0 heteroatoms. The molecule has 1 aliphatic rings. The predicted molar refractivity (Wildman–Crippen MR) is 71.2 cm³/mol. The van der Waals surface area contributed by atoms with Gasteiger partial charge in [0.25, 0.3) is 0 Å². The zero-order valence-electron chi connectivity index (χ0n) is 10.5. The topological polar surface area (TPSA) is 0 Å². The van der Waals surface area contributed by atoms with Crippen molar-refractivity contribution in [2.24, 2.45) is 0 Å². The molecule has 82 valence electrons. The van der Waals surface area contributed by atoms with Crippen molar-refractivity contribution in [2.45, 2.75) is 27.7 Å². The summed E-state index contributed by atoms with van der Waals surface area (Å²) in [5.74, 6) is 0. The van der Waals surface area contributed by atoms with Crippen molar-refractivity contribution in [1.82, 2.24) is 0 Å². The van der Waals surface area contributed by atoms with Crippen molar-refractivity contribution in [3.8, 4) is 0 Å². The van der Waals surface area contributed by atoms with Gasteiger partial charge < -0.3 is 0 Å². The molecule has 0 aliphatic heterocycles. The predicted octanol–water partition coefficient (Wildman–Crippen LogP) is 4.76. The summed E-state index contributed by atoms with van der Waals surface area (Å²) in [6, 6.07) is 10.5. The third kappa shape index (κ3) is 1.76. The van der Waals surface area contributed by atoms with E-state index in [1.807, 2.05) is 0 Å². The van der Waals surface area contributed by atoms with Gasteiger partial charge in [0.15, 0.2) is 0 Å². The number of allylic oxidation sites excluding steroid dienone is 5. The van der Waals surface area contributed by atoms with Gasteiger partial charge in [-0.15, -0.1) is 0 Å². The molecule has 0 heterocycles. The number of hydrogen-bond acceptors (Lipinski definition) is 0. The Morgan fingerprint density at radius 2 is 1.19 bits per heavy atom. The van der Waals surface area contributed by atoms with Crippen LogP contribution in [0.15, 0.2) is 58.2 Å². The maximum Gasteiger partial charge on any atom is -0.0187 e. The van der Waals surface area contributed by atoms with Crippen molar-refractivity contribution in [3.63, 3.8) is 0 Å². The molecule has 0 bridgehead atoms. The summed E-state index contributed by atoms with van der Waals surface area (Å²) in [5, 5.41) is 0. The van der Waals surface area contributed by atoms with E-state index in [0.717, 1.165) is 0 Å². The Bertz CT molecular complexity index is 470. The Hall–Kier alpha value is -1.56. The molecule has 0 radical (unpaired) electrons. The lowest BCUT2D eigenvalue weighted by Gasteiger charge is -2.03. The first-order valence-electron chi connectivity index (χ1n) is 5.74. The first-order valence-corrected chi connectivity index (χ1v) is 5.74. The van der Waals surface area contributed by atoms with E-state index in [1.165, 1.54) is 33.4 Å². The monoisotopic (exact) mass is 210 g/mol. The van der Waals surface area contributed by atoms with Crippen LogP contribution in [0.3, 0.4) is 0 Å². The summed E-state index contributed by atoms with van der Waals surface area (Å²) in [6.07, 6.45) is 2.28. The summed E-state index contributed by atoms with van der Waals surface area (Å²) in [6.45, 7) is 8.84. The minimum Gasteiger partial charge on any atom is -0.0622 e. The highest BCUT2D eigenvalue weighted by molar-refractivity contribution is 5.71. The van der Waals surface area contributed by atoms with E-state index in [1.54, 1.807) is 0 Å². The maximum atomic E-state index is 2.28. The SMILES string of the molecule is CC1=C(C)C(C)=C(C)C1=Cc1ccccc1. The summed E-state index contributed by atoms with van der Waals surface area (Å²) in [7, 11) is 0. The van der Waals surface area contributed by atoms with Crippen molar-refractivity contribution in [2.75, 3.05) is 0 Å². The fourth-order valence-corrected chi connectivity index (χ4v) is 2.18. The fraction of sp³-hybridized carbons (Fsp3) is 0.250. The molecule has 0 saturated heterocycles. The van der Waals surface area contributed by atoms with Crippen molar-refractivity contribution in [1.29, 1.82) is 0 Å². The first kappa shape index (κ1) is 10.9. The van der Waals surface area contributed by atoms with Crippen LogP contribution in [0, 0.1) is 0 Å². The zero-order valence-corrected chi connectivity index (χ0v) is 10.5. The lowest BCUT2D eigenvalue weighted by atomic mass is 10.0. The molecule has 2 rings (SSSR count). The van der Waals surface area contributed by atoms with Gasteiger partial charge in [0.2, 0.25) is 0 Å². The quantitative estimate of drug-likeness (QED) is 0.627. The first-order chi connectivity index (χ1) is 7.61. The van der Waals surface area contributed by atoms with E-state index in [4.69, 9.17) is 0 Å². The van der Waals surface area contributed by atoms with Crippen LogP contribution in [0.25, 0.3) is 6.08 Å². The number of hydrogen-bond donors (Lipinski definition) is 0.